The molecule has 0 aliphatic carbocycles. The third-order valence-corrected chi connectivity index (χ3v) is 5.76. The Kier molecular flexibility index (Phi) is 9.92. The fraction of sp³-hybridized carbons (Fsp3) is 0.440. The van der Waals surface area contributed by atoms with Crippen molar-refractivity contribution in [3.05, 3.63) is 59.7 Å². The number of anilines is 1. The number of thioether (sulfide) groups is 1. The van der Waals surface area contributed by atoms with Gasteiger partial charge in [0, 0.05) is 5.69 Å². The number of carbonyl (C=O) groups is 2. The third-order valence-electron chi connectivity index (χ3n) is 5.12. The standard InChI is InChI=1S/C25H34N2O3S/c1-17(2)16-19-6-8-20(9-7-19)18(3)24(28)27-23(14-15-31-5)25(29)26-21-10-12-22(30-4)13-11-21/h6-13,17-18,23H,14-16H2,1-5H3,(H,26,29)(H,27,28)/t18?,23-/m0/s1. The van der Waals surface area contributed by atoms with Crippen LogP contribution in [0.15, 0.2) is 48.5 Å². The zero-order chi connectivity index (χ0) is 22.8. The monoisotopic (exact) mass is 442 g/mol. The molecule has 2 atom stereocenters. The lowest BCUT2D eigenvalue weighted by Gasteiger charge is -2.21. The first-order valence-corrected chi connectivity index (χ1v) is 12.1. The second-order valence-corrected chi connectivity index (χ2v) is 9.11. The van der Waals surface area contributed by atoms with Crippen molar-refractivity contribution in [1.29, 1.82) is 0 Å². The van der Waals surface area contributed by atoms with Crippen LogP contribution in [0.3, 0.4) is 0 Å². The molecule has 0 aromatic heterocycles. The van der Waals surface area contributed by atoms with Crippen LogP contribution in [0, 0.1) is 5.92 Å². The lowest BCUT2D eigenvalue weighted by Crippen LogP contribution is -2.45. The number of nitrogens with one attached hydrogen (secondary N) is 2. The highest BCUT2D eigenvalue weighted by atomic mass is 32.2. The number of hydrogen-bond donors (Lipinski definition) is 2. The van der Waals surface area contributed by atoms with E-state index >= 15 is 0 Å². The molecule has 5 nitrogen and oxygen atoms in total. The summed E-state index contributed by atoms with van der Waals surface area (Å²) in [5.41, 5.74) is 2.88. The van der Waals surface area contributed by atoms with Crippen LogP contribution >= 0.6 is 11.8 Å². The molecular formula is C25H34N2O3S. The largest absolute Gasteiger partial charge is 0.497 e. The summed E-state index contributed by atoms with van der Waals surface area (Å²) in [5, 5.41) is 5.84. The Morgan fingerprint density at radius 2 is 1.61 bits per heavy atom. The van der Waals surface area contributed by atoms with Crippen LogP contribution in [0.2, 0.25) is 0 Å². The van der Waals surface area contributed by atoms with Crippen LogP contribution in [0.1, 0.15) is 44.2 Å². The Hall–Kier alpha value is -2.47. The normalized spacial score (nSPS) is 12.8. The van der Waals surface area contributed by atoms with Gasteiger partial charge in [-0.05, 0) is 73.1 Å². The van der Waals surface area contributed by atoms with E-state index in [0.29, 0.717) is 18.0 Å². The molecule has 0 bridgehead atoms. The second-order valence-electron chi connectivity index (χ2n) is 8.12. The summed E-state index contributed by atoms with van der Waals surface area (Å²) in [6.45, 7) is 6.26. The zero-order valence-electron chi connectivity index (χ0n) is 19.1. The molecule has 2 aromatic rings. The molecule has 2 amide bonds. The van der Waals surface area contributed by atoms with Crippen molar-refractivity contribution in [1.82, 2.24) is 5.32 Å². The van der Waals surface area contributed by atoms with E-state index in [1.54, 1.807) is 43.1 Å². The van der Waals surface area contributed by atoms with Gasteiger partial charge in [0.15, 0.2) is 0 Å². The number of carbonyl (C=O) groups excluding carboxylic acids is 2. The molecule has 0 heterocycles. The second kappa shape index (κ2) is 12.4. The maximum atomic E-state index is 12.9. The van der Waals surface area contributed by atoms with Crippen LogP contribution in [-0.2, 0) is 16.0 Å². The number of methoxy groups -OCH3 is 1. The Morgan fingerprint density at radius 1 is 0.968 bits per heavy atom. The molecule has 1 unspecified atom stereocenters. The molecule has 0 spiro atoms. The highest BCUT2D eigenvalue weighted by Gasteiger charge is 2.24. The van der Waals surface area contributed by atoms with Gasteiger partial charge in [-0.3, -0.25) is 9.59 Å². The predicted molar refractivity (Wildman–Crippen MR) is 130 cm³/mol. The van der Waals surface area contributed by atoms with Crippen molar-refractivity contribution in [3.63, 3.8) is 0 Å². The van der Waals surface area contributed by atoms with Gasteiger partial charge in [-0.25, -0.2) is 0 Å². The van der Waals surface area contributed by atoms with Crippen molar-refractivity contribution >= 4 is 29.3 Å². The lowest BCUT2D eigenvalue weighted by molar-refractivity contribution is -0.127. The van der Waals surface area contributed by atoms with Gasteiger partial charge in [0.2, 0.25) is 11.8 Å². The van der Waals surface area contributed by atoms with Crippen molar-refractivity contribution in [2.24, 2.45) is 5.92 Å². The van der Waals surface area contributed by atoms with Gasteiger partial charge >= 0.3 is 0 Å². The van der Waals surface area contributed by atoms with Crippen LogP contribution in [-0.4, -0.2) is 37.0 Å². The molecule has 0 fully saturated rings. The Morgan fingerprint density at radius 3 is 2.16 bits per heavy atom. The van der Waals surface area contributed by atoms with Gasteiger partial charge in [-0.2, -0.15) is 11.8 Å². The minimum Gasteiger partial charge on any atom is -0.497 e. The average molecular weight is 443 g/mol. The SMILES string of the molecule is COc1ccc(NC(=O)[C@H](CCSC)NC(=O)C(C)c2ccc(CC(C)C)cc2)cc1. The molecule has 0 saturated carbocycles. The molecule has 2 aromatic carbocycles. The molecule has 6 heteroatoms. The molecule has 0 saturated heterocycles. The first-order valence-electron chi connectivity index (χ1n) is 10.7. The van der Waals surface area contributed by atoms with E-state index in [4.69, 9.17) is 4.74 Å². The lowest BCUT2D eigenvalue weighted by atomic mass is 9.96. The first kappa shape index (κ1) is 24.8. The van der Waals surface area contributed by atoms with Gasteiger partial charge in [0.25, 0.3) is 0 Å². The Labute approximate surface area is 190 Å². The van der Waals surface area contributed by atoms with E-state index in [2.05, 4.69) is 36.6 Å². The highest BCUT2D eigenvalue weighted by Crippen LogP contribution is 2.19. The van der Waals surface area contributed by atoms with Crippen molar-refractivity contribution in [3.8, 4) is 5.75 Å². The molecular weight excluding hydrogens is 408 g/mol. The summed E-state index contributed by atoms with van der Waals surface area (Å²) >= 11 is 1.65. The summed E-state index contributed by atoms with van der Waals surface area (Å²) < 4.78 is 5.15. The number of hydrogen-bond acceptors (Lipinski definition) is 4. The van der Waals surface area contributed by atoms with E-state index < -0.39 is 6.04 Å². The Balaban J connectivity index is 2.03. The van der Waals surface area contributed by atoms with E-state index in [9.17, 15) is 9.59 Å². The summed E-state index contributed by atoms with van der Waals surface area (Å²) in [6.07, 6.45) is 3.57. The van der Waals surface area contributed by atoms with Crippen molar-refractivity contribution in [2.45, 2.75) is 45.6 Å². The van der Waals surface area contributed by atoms with Crippen molar-refractivity contribution < 1.29 is 14.3 Å². The number of rotatable bonds is 11. The smallest absolute Gasteiger partial charge is 0.246 e. The maximum absolute atomic E-state index is 12.9. The fourth-order valence-corrected chi connectivity index (χ4v) is 3.74. The maximum Gasteiger partial charge on any atom is 0.246 e. The minimum atomic E-state index is -0.593. The summed E-state index contributed by atoms with van der Waals surface area (Å²) in [7, 11) is 1.60. The molecule has 0 aliphatic heterocycles. The van der Waals surface area contributed by atoms with Gasteiger partial charge in [0.05, 0.1) is 13.0 Å². The van der Waals surface area contributed by atoms with Crippen molar-refractivity contribution in [2.75, 3.05) is 24.4 Å². The summed E-state index contributed by atoms with van der Waals surface area (Å²) in [4.78, 5) is 25.8. The molecule has 31 heavy (non-hydrogen) atoms. The minimum absolute atomic E-state index is 0.146. The van der Waals surface area contributed by atoms with Gasteiger partial charge in [-0.1, -0.05) is 38.1 Å². The molecule has 0 aliphatic rings. The average Bonchev–Trinajstić information content (AvgIpc) is 2.76. The number of ether oxygens (including phenoxy) is 1. The van der Waals surface area contributed by atoms with Gasteiger partial charge in [0.1, 0.15) is 11.8 Å². The van der Waals surface area contributed by atoms with Crippen LogP contribution < -0.4 is 15.4 Å². The number of benzene rings is 2. The highest BCUT2D eigenvalue weighted by molar-refractivity contribution is 7.98. The molecule has 2 N–H and O–H groups in total. The molecule has 0 radical (unpaired) electrons. The third kappa shape index (κ3) is 7.94. The topological polar surface area (TPSA) is 67.4 Å². The predicted octanol–water partition coefficient (Wildman–Crippen LogP) is 4.87. The number of amides is 2. The quantitative estimate of drug-likeness (QED) is 0.521. The van der Waals surface area contributed by atoms with E-state index in [0.717, 1.165) is 23.5 Å². The van der Waals surface area contributed by atoms with Crippen LogP contribution in [0.25, 0.3) is 0 Å². The van der Waals surface area contributed by atoms with E-state index in [-0.39, 0.29) is 17.7 Å². The molecule has 2 rings (SSSR count). The first-order chi connectivity index (χ1) is 14.8. The van der Waals surface area contributed by atoms with E-state index in [1.807, 2.05) is 25.3 Å². The molecule has 168 valence electrons. The Bertz CT molecular complexity index is 835. The van der Waals surface area contributed by atoms with Crippen LogP contribution in [0.4, 0.5) is 5.69 Å². The summed E-state index contributed by atoms with van der Waals surface area (Å²) in [6, 6.07) is 14.7. The zero-order valence-corrected chi connectivity index (χ0v) is 19.9. The van der Waals surface area contributed by atoms with E-state index in [1.165, 1.54) is 5.56 Å². The van der Waals surface area contributed by atoms with Gasteiger partial charge < -0.3 is 15.4 Å². The van der Waals surface area contributed by atoms with Crippen LogP contribution in [0.5, 0.6) is 5.75 Å². The summed E-state index contributed by atoms with van der Waals surface area (Å²) in [5.74, 6) is 1.39. The van der Waals surface area contributed by atoms with Gasteiger partial charge in [-0.15, -0.1) is 0 Å². The fourth-order valence-electron chi connectivity index (χ4n) is 3.27.